The Bertz CT molecular complexity index is 906. The highest BCUT2D eigenvalue weighted by atomic mass is 16.2. The van der Waals surface area contributed by atoms with E-state index in [4.69, 9.17) is 0 Å². The molecule has 4 rings (SSSR count). The number of benzene rings is 2. The van der Waals surface area contributed by atoms with Crippen LogP contribution in [0.5, 0.6) is 0 Å². The Balaban J connectivity index is 1.70. The molecule has 0 unspecified atom stereocenters. The predicted octanol–water partition coefficient (Wildman–Crippen LogP) is 2.78. The predicted molar refractivity (Wildman–Crippen MR) is 105 cm³/mol. The van der Waals surface area contributed by atoms with Gasteiger partial charge in [0.15, 0.2) is 5.69 Å². The number of nitrogens with zero attached hydrogens (tertiary/aromatic N) is 3. The second-order valence-electron chi connectivity index (χ2n) is 6.67. The first kappa shape index (κ1) is 17.4. The molecule has 0 spiro atoms. The van der Waals surface area contributed by atoms with Crippen LogP contribution in [-0.2, 0) is 6.42 Å². The highest BCUT2D eigenvalue weighted by Crippen LogP contribution is 2.24. The van der Waals surface area contributed by atoms with Gasteiger partial charge < -0.3 is 10.2 Å². The molecule has 0 bridgehead atoms. The third-order valence-electron chi connectivity index (χ3n) is 4.78. The van der Waals surface area contributed by atoms with Crippen LogP contribution in [0.25, 0.3) is 11.3 Å². The normalized spacial score (nSPS) is 14.1. The van der Waals surface area contributed by atoms with E-state index in [9.17, 15) is 4.79 Å². The van der Waals surface area contributed by atoms with Crippen molar-refractivity contribution in [1.82, 2.24) is 20.4 Å². The summed E-state index contributed by atoms with van der Waals surface area (Å²) in [6.07, 6.45) is 0.711. The fourth-order valence-electron chi connectivity index (χ4n) is 3.35. The Hall–Kier alpha value is -3.05. The molecular weight excluding hydrogens is 336 g/mol. The summed E-state index contributed by atoms with van der Waals surface area (Å²) in [7, 11) is 0. The van der Waals surface area contributed by atoms with Crippen molar-refractivity contribution in [3.05, 3.63) is 83.6 Å². The summed E-state index contributed by atoms with van der Waals surface area (Å²) in [6.45, 7) is 3.04. The zero-order chi connectivity index (χ0) is 18.5. The number of rotatable bonds is 4. The molecule has 0 saturated carbocycles. The topological polar surface area (TPSA) is 58.1 Å². The lowest BCUT2D eigenvalue weighted by molar-refractivity contribution is 0.0728. The molecule has 2 aromatic carbocycles. The second kappa shape index (κ2) is 8.10. The van der Waals surface area contributed by atoms with Crippen molar-refractivity contribution in [1.29, 1.82) is 0 Å². The molecular formula is C22H22N4O. The summed E-state index contributed by atoms with van der Waals surface area (Å²) in [4.78, 5) is 14.7. The van der Waals surface area contributed by atoms with Crippen LogP contribution in [0.1, 0.15) is 21.6 Å². The van der Waals surface area contributed by atoms with E-state index in [1.165, 1.54) is 5.56 Å². The van der Waals surface area contributed by atoms with Crippen LogP contribution in [0.4, 0.5) is 0 Å². The Morgan fingerprint density at radius 3 is 2.30 bits per heavy atom. The van der Waals surface area contributed by atoms with Gasteiger partial charge in [-0.05, 0) is 23.6 Å². The lowest BCUT2D eigenvalue weighted by Crippen LogP contribution is -2.46. The summed E-state index contributed by atoms with van der Waals surface area (Å²) in [5.74, 6) is -0.0436. The minimum Gasteiger partial charge on any atom is -0.335 e. The molecule has 2 heterocycles. The number of piperazine rings is 1. The first-order valence-electron chi connectivity index (χ1n) is 9.27. The molecule has 1 aliphatic rings. The van der Waals surface area contributed by atoms with Gasteiger partial charge in [0, 0.05) is 31.7 Å². The lowest BCUT2D eigenvalue weighted by atomic mass is 9.99. The van der Waals surface area contributed by atoms with Gasteiger partial charge in [-0.2, -0.15) is 0 Å². The highest BCUT2D eigenvalue weighted by Gasteiger charge is 2.21. The van der Waals surface area contributed by atoms with E-state index in [0.29, 0.717) is 25.2 Å². The lowest BCUT2D eigenvalue weighted by Gasteiger charge is -2.27. The zero-order valence-corrected chi connectivity index (χ0v) is 15.1. The first-order valence-corrected chi connectivity index (χ1v) is 9.27. The van der Waals surface area contributed by atoms with Crippen LogP contribution in [0.2, 0.25) is 0 Å². The zero-order valence-electron chi connectivity index (χ0n) is 15.1. The molecule has 27 heavy (non-hydrogen) atoms. The fourth-order valence-corrected chi connectivity index (χ4v) is 3.35. The van der Waals surface area contributed by atoms with Crippen molar-refractivity contribution in [3.63, 3.8) is 0 Å². The van der Waals surface area contributed by atoms with E-state index in [0.717, 1.165) is 29.9 Å². The van der Waals surface area contributed by atoms with Gasteiger partial charge >= 0.3 is 0 Å². The molecule has 0 radical (unpaired) electrons. The smallest absolute Gasteiger partial charge is 0.274 e. The molecule has 0 atom stereocenters. The average molecular weight is 358 g/mol. The highest BCUT2D eigenvalue weighted by molar-refractivity contribution is 5.92. The van der Waals surface area contributed by atoms with E-state index in [1.54, 1.807) is 0 Å². The molecule has 1 amide bonds. The Morgan fingerprint density at radius 1 is 0.926 bits per heavy atom. The minimum absolute atomic E-state index is 0.0436. The standard InChI is InChI=1S/C22H22N4O/c27-22(26-13-11-23-12-14-26)20-16-19(15-17-7-3-1-4-8-17)21(25-24-20)18-9-5-2-6-10-18/h1-10,16,23H,11-15H2. The molecule has 1 fully saturated rings. The van der Waals surface area contributed by atoms with Crippen molar-refractivity contribution >= 4 is 5.91 Å². The number of amides is 1. The van der Waals surface area contributed by atoms with Gasteiger partial charge in [-0.3, -0.25) is 4.79 Å². The Morgan fingerprint density at radius 2 is 1.59 bits per heavy atom. The van der Waals surface area contributed by atoms with E-state index >= 15 is 0 Å². The maximum Gasteiger partial charge on any atom is 0.274 e. The molecule has 5 nitrogen and oxygen atoms in total. The van der Waals surface area contributed by atoms with Crippen molar-refractivity contribution < 1.29 is 4.79 Å². The summed E-state index contributed by atoms with van der Waals surface area (Å²) in [5, 5.41) is 12.0. The largest absolute Gasteiger partial charge is 0.335 e. The molecule has 1 aromatic heterocycles. The molecule has 136 valence electrons. The van der Waals surface area contributed by atoms with E-state index < -0.39 is 0 Å². The summed E-state index contributed by atoms with van der Waals surface area (Å²) < 4.78 is 0. The SMILES string of the molecule is O=C(c1cc(Cc2ccccc2)c(-c2ccccc2)nn1)N1CCNCC1. The minimum atomic E-state index is -0.0436. The molecule has 0 aliphatic carbocycles. The quantitative estimate of drug-likeness (QED) is 0.779. The van der Waals surface area contributed by atoms with Crippen LogP contribution in [0.3, 0.4) is 0 Å². The maximum absolute atomic E-state index is 12.8. The van der Waals surface area contributed by atoms with Crippen molar-refractivity contribution in [3.8, 4) is 11.3 Å². The fraction of sp³-hybridized carbons (Fsp3) is 0.227. The second-order valence-corrected chi connectivity index (χ2v) is 6.67. The number of aromatic nitrogens is 2. The van der Waals surface area contributed by atoms with E-state index in [-0.39, 0.29) is 5.91 Å². The maximum atomic E-state index is 12.8. The monoisotopic (exact) mass is 358 g/mol. The van der Waals surface area contributed by atoms with Gasteiger partial charge in [-0.1, -0.05) is 60.7 Å². The summed E-state index contributed by atoms with van der Waals surface area (Å²) >= 11 is 0. The number of hydrogen-bond donors (Lipinski definition) is 1. The van der Waals surface area contributed by atoms with Gasteiger partial charge in [0.2, 0.25) is 0 Å². The van der Waals surface area contributed by atoms with Gasteiger partial charge in [0.1, 0.15) is 0 Å². The molecule has 5 heteroatoms. The van der Waals surface area contributed by atoms with E-state index in [2.05, 4.69) is 27.6 Å². The van der Waals surface area contributed by atoms with Crippen LogP contribution < -0.4 is 5.32 Å². The third-order valence-corrected chi connectivity index (χ3v) is 4.78. The van der Waals surface area contributed by atoms with Crippen molar-refractivity contribution in [2.45, 2.75) is 6.42 Å². The van der Waals surface area contributed by atoms with Crippen molar-refractivity contribution in [2.24, 2.45) is 0 Å². The van der Waals surface area contributed by atoms with Gasteiger partial charge in [0.05, 0.1) is 5.69 Å². The number of carbonyl (C=O) groups is 1. The van der Waals surface area contributed by atoms with Crippen LogP contribution in [0, 0.1) is 0 Å². The average Bonchev–Trinajstić information content (AvgIpc) is 2.75. The molecule has 1 aliphatic heterocycles. The molecule has 1 N–H and O–H groups in total. The first-order chi connectivity index (χ1) is 13.3. The number of hydrogen-bond acceptors (Lipinski definition) is 4. The number of nitrogens with one attached hydrogen (secondary N) is 1. The number of carbonyl (C=O) groups excluding carboxylic acids is 1. The van der Waals surface area contributed by atoms with Crippen molar-refractivity contribution in [2.75, 3.05) is 26.2 Å². The Kier molecular flexibility index (Phi) is 5.21. The summed E-state index contributed by atoms with van der Waals surface area (Å²) in [6, 6.07) is 22.2. The van der Waals surface area contributed by atoms with Gasteiger partial charge in [-0.25, -0.2) is 0 Å². The molecule has 1 saturated heterocycles. The van der Waals surface area contributed by atoms with E-state index in [1.807, 2.05) is 59.5 Å². The third kappa shape index (κ3) is 4.04. The van der Waals surface area contributed by atoms with Gasteiger partial charge in [-0.15, -0.1) is 10.2 Å². The van der Waals surface area contributed by atoms with Gasteiger partial charge in [0.25, 0.3) is 5.91 Å². The van der Waals surface area contributed by atoms with Crippen LogP contribution in [-0.4, -0.2) is 47.2 Å². The molecule has 3 aromatic rings. The summed E-state index contributed by atoms with van der Waals surface area (Å²) in [5.41, 5.74) is 4.46. The Labute approximate surface area is 159 Å². The van der Waals surface area contributed by atoms with Crippen LogP contribution in [0.15, 0.2) is 66.7 Å². The van der Waals surface area contributed by atoms with Crippen LogP contribution >= 0.6 is 0 Å².